The Morgan fingerprint density at radius 2 is 1.85 bits per heavy atom. The molecule has 3 aromatic rings. The van der Waals surface area contributed by atoms with E-state index in [1.807, 2.05) is 48.5 Å². The molecule has 0 spiro atoms. The Bertz CT molecular complexity index is 791. The molecule has 0 bridgehead atoms. The first-order valence-corrected chi connectivity index (χ1v) is 6.49. The fourth-order valence-electron chi connectivity index (χ4n) is 2.42. The summed E-state index contributed by atoms with van der Waals surface area (Å²) in [5.74, 6) is 0. The van der Waals surface area contributed by atoms with Crippen LogP contribution in [0.5, 0.6) is 0 Å². The van der Waals surface area contributed by atoms with Crippen LogP contribution in [-0.4, -0.2) is 12.1 Å². The van der Waals surface area contributed by atoms with E-state index in [0.29, 0.717) is 12.0 Å². The number of hydrogen-bond donors (Lipinski definition) is 1. The van der Waals surface area contributed by atoms with Gasteiger partial charge >= 0.3 is 0 Å². The third-order valence-corrected chi connectivity index (χ3v) is 3.31. The molecule has 3 nitrogen and oxygen atoms in total. The van der Waals surface area contributed by atoms with E-state index in [9.17, 15) is 4.79 Å². The third kappa shape index (κ3) is 2.24. The molecule has 0 aliphatic carbocycles. The third-order valence-electron chi connectivity index (χ3n) is 3.31. The van der Waals surface area contributed by atoms with Crippen LogP contribution in [0.15, 0.2) is 59.4 Å². The van der Waals surface area contributed by atoms with Crippen LogP contribution in [0.25, 0.3) is 22.0 Å². The maximum absolute atomic E-state index is 12.2. The summed E-state index contributed by atoms with van der Waals surface area (Å²) in [5, 5.41) is 0.700. The standard InChI is InChI=1S/C17H15NO2/c1-20-11-13-10-16(19)15-9-5-8-14(17(15)18-13)12-6-3-2-4-7-12/h2-10H,11H2,1H3,(H,18,19). The van der Waals surface area contributed by atoms with Gasteiger partial charge in [-0.1, -0.05) is 42.5 Å². The molecule has 0 atom stereocenters. The second-order valence-corrected chi connectivity index (χ2v) is 4.69. The summed E-state index contributed by atoms with van der Waals surface area (Å²) >= 11 is 0. The molecule has 20 heavy (non-hydrogen) atoms. The summed E-state index contributed by atoms with van der Waals surface area (Å²) in [7, 11) is 1.62. The molecule has 1 heterocycles. The van der Waals surface area contributed by atoms with E-state index in [0.717, 1.165) is 22.3 Å². The number of benzene rings is 2. The number of rotatable bonds is 3. The van der Waals surface area contributed by atoms with Gasteiger partial charge in [-0.15, -0.1) is 0 Å². The molecular weight excluding hydrogens is 250 g/mol. The maximum atomic E-state index is 12.2. The monoisotopic (exact) mass is 265 g/mol. The van der Waals surface area contributed by atoms with Crippen molar-refractivity contribution >= 4 is 10.9 Å². The first-order valence-electron chi connectivity index (χ1n) is 6.49. The Kier molecular flexibility index (Phi) is 3.35. The number of methoxy groups -OCH3 is 1. The van der Waals surface area contributed by atoms with E-state index >= 15 is 0 Å². The van der Waals surface area contributed by atoms with E-state index in [-0.39, 0.29) is 5.43 Å². The Morgan fingerprint density at radius 3 is 2.60 bits per heavy atom. The predicted molar refractivity (Wildman–Crippen MR) is 80.7 cm³/mol. The summed E-state index contributed by atoms with van der Waals surface area (Å²) in [5.41, 5.74) is 3.77. The number of nitrogens with one attached hydrogen (secondary N) is 1. The quantitative estimate of drug-likeness (QED) is 0.789. The summed E-state index contributed by atoms with van der Waals surface area (Å²) in [6, 6.07) is 17.4. The molecule has 100 valence electrons. The van der Waals surface area contributed by atoms with Crippen LogP contribution in [0, 0.1) is 0 Å². The molecule has 0 saturated carbocycles. The van der Waals surface area contributed by atoms with Gasteiger partial charge < -0.3 is 9.72 Å². The second-order valence-electron chi connectivity index (χ2n) is 4.69. The fourth-order valence-corrected chi connectivity index (χ4v) is 2.42. The number of para-hydroxylation sites is 1. The molecule has 0 radical (unpaired) electrons. The zero-order valence-corrected chi connectivity index (χ0v) is 11.2. The number of aromatic nitrogens is 1. The molecule has 0 amide bonds. The van der Waals surface area contributed by atoms with Crippen molar-refractivity contribution in [3.8, 4) is 11.1 Å². The van der Waals surface area contributed by atoms with Gasteiger partial charge in [0.05, 0.1) is 12.1 Å². The average molecular weight is 265 g/mol. The first kappa shape index (κ1) is 12.6. The molecule has 0 saturated heterocycles. The van der Waals surface area contributed by atoms with Gasteiger partial charge in [0.15, 0.2) is 5.43 Å². The predicted octanol–water partition coefficient (Wildman–Crippen LogP) is 3.34. The maximum Gasteiger partial charge on any atom is 0.189 e. The van der Waals surface area contributed by atoms with Crippen molar-refractivity contribution in [2.45, 2.75) is 6.61 Å². The van der Waals surface area contributed by atoms with Crippen molar-refractivity contribution in [3.05, 3.63) is 70.5 Å². The summed E-state index contributed by atoms with van der Waals surface area (Å²) in [4.78, 5) is 15.5. The number of fused-ring (bicyclic) bond motifs is 1. The van der Waals surface area contributed by atoms with Gasteiger partial charge in [0.25, 0.3) is 0 Å². The summed E-state index contributed by atoms with van der Waals surface area (Å²) in [6.45, 7) is 0.397. The topological polar surface area (TPSA) is 42.1 Å². The lowest BCUT2D eigenvalue weighted by atomic mass is 10.0. The molecule has 1 aromatic heterocycles. The highest BCUT2D eigenvalue weighted by Crippen LogP contribution is 2.25. The van der Waals surface area contributed by atoms with Gasteiger partial charge in [0, 0.05) is 29.8 Å². The second kappa shape index (κ2) is 5.31. The lowest BCUT2D eigenvalue weighted by molar-refractivity contribution is 0.181. The molecule has 3 heteroatoms. The van der Waals surface area contributed by atoms with E-state index in [1.165, 1.54) is 0 Å². The van der Waals surface area contributed by atoms with Crippen molar-refractivity contribution in [2.24, 2.45) is 0 Å². The van der Waals surface area contributed by atoms with Gasteiger partial charge in [-0.2, -0.15) is 0 Å². The molecule has 0 unspecified atom stereocenters. The van der Waals surface area contributed by atoms with Crippen LogP contribution in [0.4, 0.5) is 0 Å². The van der Waals surface area contributed by atoms with Crippen LogP contribution in [0.3, 0.4) is 0 Å². The largest absolute Gasteiger partial charge is 0.378 e. The molecule has 2 aromatic carbocycles. The number of hydrogen-bond acceptors (Lipinski definition) is 2. The van der Waals surface area contributed by atoms with Crippen molar-refractivity contribution in [1.82, 2.24) is 4.98 Å². The highest BCUT2D eigenvalue weighted by atomic mass is 16.5. The highest BCUT2D eigenvalue weighted by molar-refractivity contribution is 5.93. The minimum Gasteiger partial charge on any atom is -0.378 e. The number of H-pyrrole nitrogens is 1. The van der Waals surface area contributed by atoms with Crippen LogP contribution < -0.4 is 5.43 Å². The van der Waals surface area contributed by atoms with Gasteiger partial charge in [-0.3, -0.25) is 4.79 Å². The van der Waals surface area contributed by atoms with E-state index in [1.54, 1.807) is 13.2 Å². The van der Waals surface area contributed by atoms with Crippen LogP contribution in [0.2, 0.25) is 0 Å². The Hall–Kier alpha value is -2.39. The van der Waals surface area contributed by atoms with Crippen molar-refractivity contribution in [2.75, 3.05) is 7.11 Å². The van der Waals surface area contributed by atoms with Crippen molar-refractivity contribution in [3.63, 3.8) is 0 Å². The number of pyridine rings is 1. The Balaban J connectivity index is 2.30. The average Bonchev–Trinajstić information content (AvgIpc) is 2.48. The molecular formula is C17H15NO2. The Labute approximate surface area is 116 Å². The zero-order chi connectivity index (χ0) is 13.9. The number of ether oxygens (including phenoxy) is 1. The van der Waals surface area contributed by atoms with Crippen molar-refractivity contribution in [1.29, 1.82) is 0 Å². The zero-order valence-electron chi connectivity index (χ0n) is 11.2. The highest BCUT2D eigenvalue weighted by Gasteiger charge is 2.07. The molecule has 1 N–H and O–H groups in total. The lowest BCUT2D eigenvalue weighted by Gasteiger charge is -2.09. The minimum atomic E-state index is 0.0172. The first-order chi connectivity index (χ1) is 9.79. The van der Waals surface area contributed by atoms with E-state index in [2.05, 4.69) is 4.98 Å². The van der Waals surface area contributed by atoms with Gasteiger partial charge in [0.1, 0.15) is 0 Å². The van der Waals surface area contributed by atoms with E-state index in [4.69, 9.17) is 4.74 Å². The number of aromatic amines is 1. The molecule has 0 aliphatic heterocycles. The van der Waals surface area contributed by atoms with Gasteiger partial charge in [0.2, 0.25) is 0 Å². The van der Waals surface area contributed by atoms with Gasteiger partial charge in [-0.25, -0.2) is 0 Å². The molecule has 0 aliphatic rings. The molecule has 0 fully saturated rings. The minimum absolute atomic E-state index is 0.0172. The van der Waals surface area contributed by atoms with Crippen LogP contribution >= 0.6 is 0 Å². The van der Waals surface area contributed by atoms with Crippen LogP contribution in [0.1, 0.15) is 5.69 Å². The summed E-state index contributed by atoms with van der Waals surface area (Å²) in [6.07, 6.45) is 0. The smallest absolute Gasteiger partial charge is 0.189 e. The van der Waals surface area contributed by atoms with Gasteiger partial charge in [-0.05, 0) is 11.6 Å². The summed E-state index contributed by atoms with van der Waals surface area (Å²) < 4.78 is 5.11. The normalized spacial score (nSPS) is 10.8. The van der Waals surface area contributed by atoms with E-state index < -0.39 is 0 Å². The molecule has 3 rings (SSSR count). The fraction of sp³-hybridized carbons (Fsp3) is 0.118. The van der Waals surface area contributed by atoms with Crippen molar-refractivity contribution < 1.29 is 4.74 Å². The van der Waals surface area contributed by atoms with Crippen LogP contribution in [-0.2, 0) is 11.3 Å². The Morgan fingerprint density at radius 1 is 1.05 bits per heavy atom. The lowest BCUT2D eigenvalue weighted by Crippen LogP contribution is -2.06. The SMILES string of the molecule is COCc1cc(=O)c2cccc(-c3ccccc3)c2[nH]1.